The summed E-state index contributed by atoms with van der Waals surface area (Å²) in [5, 5.41) is 6.68. The number of methoxy groups -OCH3 is 2. The van der Waals surface area contributed by atoms with Gasteiger partial charge in [0.2, 0.25) is 5.96 Å². The predicted octanol–water partition coefficient (Wildman–Crippen LogP) is 8.79. The Bertz CT molecular complexity index is 1810. The zero-order chi connectivity index (χ0) is 36.1. The van der Waals surface area contributed by atoms with Crippen molar-refractivity contribution < 1.29 is 28.5 Å². The molecule has 0 spiro atoms. The molecule has 1 aromatic heterocycles. The SMILES string of the molecule is COc1cc2cc(-c3cccc(-c4ccc(C(C)(C)C)cc4)c3)nc(CN=C(NC(=O)OC(C)(C)C)NC(=O)OC(C)(C)C)c2cc1OC. The number of aliphatic imine (C=N–C) groups is 1. The van der Waals surface area contributed by atoms with E-state index < -0.39 is 23.4 Å². The van der Waals surface area contributed by atoms with Crippen LogP contribution in [0.2, 0.25) is 0 Å². The topological polar surface area (TPSA) is 120 Å². The molecular formula is C39H48N4O6. The fraction of sp³-hybridized carbons (Fsp3) is 0.385. The highest BCUT2D eigenvalue weighted by Gasteiger charge is 2.22. The standard InChI is InChI=1S/C39H48N4O6/c1-37(2,3)28-17-15-24(16-18-28)25-13-12-14-26(19-25)30-20-27-21-32(46-10)33(47-11)22-29(27)31(41-30)23-40-34(42-35(44)48-38(4,5)6)43-36(45)49-39(7,8)9/h12-22H,23H2,1-11H3,(H2,40,42,43,44,45). The zero-order valence-electron chi connectivity index (χ0n) is 30.4. The number of nitrogens with one attached hydrogen (secondary N) is 2. The molecule has 0 saturated heterocycles. The molecule has 0 saturated carbocycles. The summed E-state index contributed by atoms with van der Waals surface area (Å²) >= 11 is 0. The van der Waals surface area contributed by atoms with Crippen molar-refractivity contribution in [3.8, 4) is 33.9 Å². The first kappa shape index (κ1) is 36.7. The largest absolute Gasteiger partial charge is 0.493 e. The molecule has 0 fully saturated rings. The van der Waals surface area contributed by atoms with Crippen LogP contribution in [0.4, 0.5) is 9.59 Å². The molecule has 49 heavy (non-hydrogen) atoms. The van der Waals surface area contributed by atoms with Crippen LogP contribution in [-0.4, -0.2) is 48.6 Å². The summed E-state index contributed by atoms with van der Waals surface area (Å²) in [5.41, 5.74) is 4.11. The number of nitrogens with zero attached hydrogens (tertiary/aromatic N) is 2. The van der Waals surface area contributed by atoms with Gasteiger partial charge in [0.25, 0.3) is 0 Å². The number of carbonyl (C=O) groups is 2. The highest BCUT2D eigenvalue weighted by molar-refractivity contribution is 6.01. The number of pyridine rings is 1. The molecular weight excluding hydrogens is 620 g/mol. The van der Waals surface area contributed by atoms with Crippen LogP contribution in [0, 0.1) is 0 Å². The van der Waals surface area contributed by atoms with Gasteiger partial charge in [-0.15, -0.1) is 0 Å². The monoisotopic (exact) mass is 668 g/mol. The molecule has 4 rings (SSSR count). The van der Waals surface area contributed by atoms with Crippen molar-refractivity contribution in [2.24, 2.45) is 4.99 Å². The number of hydrogen-bond acceptors (Lipinski definition) is 8. The van der Waals surface area contributed by atoms with E-state index in [-0.39, 0.29) is 17.9 Å². The lowest BCUT2D eigenvalue weighted by Crippen LogP contribution is -2.47. The van der Waals surface area contributed by atoms with Crippen molar-refractivity contribution in [3.05, 3.63) is 78.0 Å². The van der Waals surface area contributed by atoms with E-state index in [4.69, 9.17) is 23.9 Å². The Kier molecular flexibility index (Phi) is 10.9. The highest BCUT2D eigenvalue weighted by Crippen LogP contribution is 2.36. The number of aromatic nitrogens is 1. The van der Waals surface area contributed by atoms with Crippen LogP contribution in [0.5, 0.6) is 11.5 Å². The predicted molar refractivity (Wildman–Crippen MR) is 194 cm³/mol. The minimum absolute atomic E-state index is 0.0191. The molecule has 1 heterocycles. The molecule has 10 heteroatoms. The Morgan fingerprint density at radius 2 is 1.24 bits per heavy atom. The quantitative estimate of drug-likeness (QED) is 0.156. The van der Waals surface area contributed by atoms with Gasteiger partial charge in [0.15, 0.2) is 11.5 Å². The van der Waals surface area contributed by atoms with Crippen LogP contribution >= 0.6 is 0 Å². The maximum Gasteiger partial charge on any atom is 0.414 e. The van der Waals surface area contributed by atoms with Crippen molar-refractivity contribution >= 4 is 28.9 Å². The number of carbonyl (C=O) groups excluding carboxylic acids is 2. The number of fused-ring (bicyclic) bond motifs is 1. The van der Waals surface area contributed by atoms with E-state index in [1.165, 1.54) is 5.56 Å². The lowest BCUT2D eigenvalue weighted by Gasteiger charge is -2.22. The van der Waals surface area contributed by atoms with Crippen LogP contribution in [0.1, 0.15) is 73.6 Å². The van der Waals surface area contributed by atoms with Gasteiger partial charge in [0.1, 0.15) is 11.2 Å². The van der Waals surface area contributed by atoms with Crippen molar-refractivity contribution in [2.75, 3.05) is 14.2 Å². The van der Waals surface area contributed by atoms with Crippen LogP contribution in [-0.2, 0) is 21.4 Å². The molecule has 2 amide bonds. The Balaban J connectivity index is 1.80. The lowest BCUT2D eigenvalue weighted by atomic mass is 9.86. The first-order chi connectivity index (χ1) is 22.8. The summed E-state index contributed by atoms with van der Waals surface area (Å²) in [6.45, 7) is 17.0. The van der Waals surface area contributed by atoms with Gasteiger partial charge in [0, 0.05) is 10.9 Å². The summed E-state index contributed by atoms with van der Waals surface area (Å²) in [4.78, 5) is 35.0. The third-order valence-corrected chi connectivity index (χ3v) is 7.28. The molecule has 0 atom stereocenters. The average molecular weight is 669 g/mol. The summed E-state index contributed by atoms with van der Waals surface area (Å²) < 4.78 is 22.0. The van der Waals surface area contributed by atoms with Crippen molar-refractivity contribution in [1.29, 1.82) is 0 Å². The smallest absolute Gasteiger partial charge is 0.414 e. The van der Waals surface area contributed by atoms with Gasteiger partial charge in [-0.2, -0.15) is 0 Å². The van der Waals surface area contributed by atoms with Crippen molar-refractivity contribution in [3.63, 3.8) is 0 Å². The third kappa shape index (κ3) is 10.2. The van der Waals surface area contributed by atoms with Crippen LogP contribution < -0.4 is 20.1 Å². The second kappa shape index (κ2) is 14.6. The molecule has 3 aromatic carbocycles. The Hall–Kier alpha value is -5.12. The number of guanidine groups is 1. The van der Waals surface area contributed by atoms with Crippen LogP contribution in [0.15, 0.2) is 71.7 Å². The molecule has 0 radical (unpaired) electrons. The third-order valence-electron chi connectivity index (χ3n) is 7.28. The van der Waals surface area contributed by atoms with Crippen molar-refractivity contribution in [2.45, 2.75) is 85.5 Å². The van der Waals surface area contributed by atoms with Gasteiger partial charge in [0.05, 0.1) is 32.2 Å². The minimum atomic E-state index is -0.785. The Labute approximate surface area is 289 Å². The average Bonchev–Trinajstić information content (AvgIpc) is 3.00. The number of ether oxygens (including phenoxy) is 4. The lowest BCUT2D eigenvalue weighted by molar-refractivity contribution is 0.0545. The normalized spacial score (nSPS) is 11.8. The van der Waals surface area contributed by atoms with Gasteiger partial charge in [-0.05, 0) is 93.3 Å². The van der Waals surface area contributed by atoms with Gasteiger partial charge in [-0.25, -0.2) is 14.6 Å². The molecule has 0 aliphatic carbocycles. The number of amides is 2. The van der Waals surface area contributed by atoms with Crippen LogP contribution in [0.3, 0.4) is 0 Å². The Morgan fingerprint density at radius 3 is 1.78 bits per heavy atom. The molecule has 260 valence electrons. The molecule has 0 unspecified atom stereocenters. The fourth-order valence-corrected chi connectivity index (χ4v) is 5.00. The van der Waals surface area contributed by atoms with E-state index in [0.717, 1.165) is 27.5 Å². The first-order valence-electron chi connectivity index (χ1n) is 16.2. The fourth-order valence-electron chi connectivity index (χ4n) is 5.00. The molecule has 10 nitrogen and oxygen atoms in total. The zero-order valence-corrected chi connectivity index (χ0v) is 30.4. The van der Waals surface area contributed by atoms with Gasteiger partial charge in [-0.1, -0.05) is 63.2 Å². The second-order valence-electron chi connectivity index (χ2n) is 14.7. The maximum absolute atomic E-state index is 12.7. The molecule has 0 aliphatic heterocycles. The van der Waals surface area contributed by atoms with Crippen LogP contribution in [0.25, 0.3) is 33.2 Å². The minimum Gasteiger partial charge on any atom is -0.493 e. The van der Waals surface area contributed by atoms with E-state index in [0.29, 0.717) is 22.9 Å². The number of hydrogen-bond donors (Lipinski definition) is 2. The van der Waals surface area contributed by atoms with Gasteiger partial charge < -0.3 is 18.9 Å². The van der Waals surface area contributed by atoms with Gasteiger partial charge in [-0.3, -0.25) is 15.6 Å². The van der Waals surface area contributed by atoms with E-state index in [9.17, 15) is 9.59 Å². The van der Waals surface area contributed by atoms with E-state index in [1.54, 1.807) is 55.8 Å². The van der Waals surface area contributed by atoms with E-state index in [2.05, 4.69) is 72.8 Å². The molecule has 0 aliphatic rings. The summed E-state index contributed by atoms with van der Waals surface area (Å²) in [7, 11) is 3.15. The summed E-state index contributed by atoms with van der Waals surface area (Å²) in [5.74, 6) is 0.938. The van der Waals surface area contributed by atoms with E-state index >= 15 is 0 Å². The molecule has 0 bridgehead atoms. The highest BCUT2D eigenvalue weighted by atomic mass is 16.6. The summed E-state index contributed by atoms with van der Waals surface area (Å²) in [6, 6.07) is 22.5. The second-order valence-corrected chi connectivity index (χ2v) is 14.7. The number of alkyl carbamates (subject to hydrolysis) is 2. The number of benzene rings is 3. The number of rotatable bonds is 6. The van der Waals surface area contributed by atoms with E-state index in [1.807, 2.05) is 30.3 Å². The molecule has 4 aromatic rings. The Morgan fingerprint density at radius 1 is 0.694 bits per heavy atom. The molecule has 2 N–H and O–H groups in total. The summed E-state index contributed by atoms with van der Waals surface area (Å²) in [6.07, 6.45) is -1.57. The van der Waals surface area contributed by atoms with Crippen molar-refractivity contribution in [1.82, 2.24) is 15.6 Å². The first-order valence-corrected chi connectivity index (χ1v) is 16.2. The van der Waals surface area contributed by atoms with Gasteiger partial charge >= 0.3 is 12.2 Å². The maximum atomic E-state index is 12.7.